The quantitative estimate of drug-likeness (QED) is 0.705. The minimum Gasteiger partial charge on any atom is -0.280 e. The number of H-pyrrole nitrogens is 1. The Balaban J connectivity index is 1.83. The van der Waals surface area contributed by atoms with Gasteiger partial charge in [-0.2, -0.15) is 5.21 Å². The van der Waals surface area contributed by atoms with Crippen LogP contribution in [-0.2, 0) is 10.0 Å². The van der Waals surface area contributed by atoms with Crippen LogP contribution in [0.1, 0.15) is 31.7 Å². The number of nitrogens with zero attached hydrogens (tertiary/aromatic N) is 3. The van der Waals surface area contributed by atoms with E-state index in [2.05, 4.69) is 39.2 Å². The maximum atomic E-state index is 12.6. The number of tetrazole rings is 1. The molecule has 25 heavy (non-hydrogen) atoms. The fourth-order valence-electron chi connectivity index (χ4n) is 2.43. The highest BCUT2D eigenvalue weighted by atomic mass is 32.2. The molecule has 0 bridgehead atoms. The molecule has 0 amide bonds. The van der Waals surface area contributed by atoms with Crippen LogP contribution in [0.4, 0.5) is 5.69 Å². The maximum Gasteiger partial charge on any atom is 0.261 e. The number of nitrogens with one attached hydrogen (secondary N) is 2. The molecule has 0 saturated heterocycles. The van der Waals surface area contributed by atoms with Crippen molar-refractivity contribution in [3.8, 4) is 11.4 Å². The van der Waals surface area contributed by atoms with Crippen LogP contribution < -0.4 is 4.72 Å². The van der Waals surface area contributed by atoms with Crippen LogP contribution >= 0.6 is 0 Å². The summed E-state index contributed by atoms with van der Waals surface area (Å²) < 4.78 is 27.8. The average molecular weight is 357 g/mol. The van der Waals surface area contributed by atoms with Gasteiger partial charge in [0.2, 0.25) is 5.82 Å². The molecule has 7 nitrogen and oxygen atoms in total. The zero-order valence-corrected chi connectivity index (χ0v) is 14.8. The molecule has 1 heterocycles. The summed E-state index contributed by atoms with van der Waals surface area (Å²) in [4.78, 5) is 0.226. The van der Waals surface area contributed by atoms with Crippen molar-refractivity contribution in [3.05, 3.63) is 54.1 Å². The van der Waals surface area contributed by atoms with E-state index in [1.165, 1.54) is 0 Å². The molecular weight excluding hydrogens is 338 g/mol. The highest BCUT2D eigenvalue weighted by molar-refractivity contribution is 7.92. The lowest BCUT2D eigenvalue weighted by Crippen LogP contribution is -2.13. The molecule has 0 aliphatic rings. The molecule has 8 heteroatoms. The summed E-state index contributed by atoms with van der Waals surface area (Å²) in [6, 6.07) is 13.8. The molecule has 1 aromatic heterocycles. The lowest BCUT2D eigenvalue weighted by molar-refractivity contribution is 0.601. The summed E-state index contributed by atoms with van der Waals surface area (Å²) in [6.45, 7) is 4.22. The van der Waals surface area contributed by atoms with Gasteiger partial charge >= 0.3 is 0 Å². The Labute approximate surface area is 146 Å². The fraction of sp³-hybridized carbons (Fsp3) is 0.235. The number of anilines is 1. The Hall–Kier alpha value is -2.74. The van der Waals surface area contributed by atoms with Crippen molar-refractivity contribution in [2.24, 2.45) is 0 Å². The van der Waals surface area contributed by atoms with Crippen molar-refractivity contribution in [2.45, 2.75) is 31.1 Å². The Morgan fingerprint density at radius 3 is 2.56 bits per heavy atom. The summed E-state index contributed by atoms with van der Waals surface area (Å²) in [5.41, 5.74) is 2.23. The second kappa shape index (κ2) is 7.02. The molecule has 0 aliphatic carbocycles. The van der Waals surface area contributed by atoms with Crippen molar-refractivity contribution >= 4 is 15.7 Å². The van der Waals surface area contributed by atoms with Crippen LogP contribution in [0.25, 0.3) is 11.4 Å². The van der Waals surface area contributed by atoms with Crippen molar-refractivity contribution < 1.29 is 8.42 Å². The van der Waals surface area contributed by atoms with Gasteiger partial charge in [-0.05, 0) is 47.4 Å². The molecule has 0 saturated carbocycles. The zero-order valence-electron chi connectivity index (χ0n) is 14.0. The second-order valence-corrected chi connectivity index (χ2v) is 7.48. The van der Waals surface area contributed by atoms with Crippen LogP contribution in [0.3, 0.4) is 0 Å². The third kappa shape index (κ3) is 3.85. The smallest absolute Gasteiger partial charge is 0.261 e. The third-order valence-electron chi connectivity index (χ3n) is 4.09. The van der Waals surface area contributed by atoms with Gasteiger partial charge in [0.25, 0.3) is 10.0 Å². The van der Waals surface area contributed by atoms with Gasteiger partial charge < -0.3 is 0 Å². The van der Waals surface area contributed by atoms with Crippen molar-refractivity contribution in [3.63, 3.8) is 0 Å². The van der Waals surface area contributed by atoms with E-state index in [0.29, 0.717) is 23.0 Å². The molecule has 0 unspecified atom stereocenters. The minimum atomic E-state index is -3.66. The zero-order chi connectivity index (χ0) is 17.9. The first-order chi connectivity index (χ1) is 12.0. The third-order valence-corrected chi connectivity index (χ3v) is 5.49. The van der Waals surface area contributed by atoms with E-state index >= 15 is 0 Å². The van der Waals surface area contributed by atoms with Gasteiger partial charge in [0, 0.05) is 11.3 Å². The number of benzene rings is 2. The maximum absolute atomic E-state index is 12.6. The van der Waals surface area contributed by atoms with Crippen LogP contribution in [0.2, 0.25) is 0 Å². The van der Waals surface area contributed by atoms with E-state index in [4.69, 9.17) is 0 Å². The molecule has 3 aromatic rings. The molecular formula is C17H19N5O2S. The first-order valence-electron chi connectivity index (χ1n) is 7.96. The largest absolute Gasteiger partial charge is 0.280 e. The van der Waals surface area contributed by atoms with Gasteiger partial charge in [0.05, 0.1) is 4.90 Å². The van der Waals surface area contributed by atoms with Gasteiger partial charge in [-0.3, -0.25) is 4.72 Å². The predicted octanol–water partition coefficient (Wildman–Crippen LogP) is 3.18. The van der Waals surface area contributed by atoms with Gasteiger partial charge in [-0.1, -0.05) is 38.1 Å². The van der Waals surface area contributed by atoms with Crippen molar-refractivity contribution in [1.29, 1.82) is 0 Å². The lowest BCUT2D eigenvalue weighted by atomic mass is 9.99. The first-order valence-corrected chi connectivity index (χ1v) is 9.44. The standard InChI is InChI=1S/C17H19N5O2S/c1-3-12(2)13-7-9-16(10-8-13)25(23,24)20-15-6-4-5-14(11-15)17-18-21-22-19-17/h4-12,20H,3H2,1-2H3,(H,18,19,21,22)/t12-/m1/s1. The SMILES string of the molecule is CC[C@@H](C)c1ccc(S(=O)(=O)Nc2cccc(-c3nn[nH]n3)c2)cc1. The van der Waals surface area contributed by atoms with Crippen LogP contribution in [-0.4, -0.2) is 29.0 Å². The molecule has 0 spiro atoms. The Bertz CT molecular complexity index is 937. The van der Waals surface area contributed by atoms with E-state index in [1.54, 1.807) is 36.4 Å². The molecule has 0 fully saturated rings. The van der Waals surface area contributed by atoms with Crippen LogP contribution in [0.5, 0.6) is 0 Å². The normalized spacial score (nSPS) is 12.7. The number of sulfonamides is 1. The lowest BCUT2D eigenvalue weighted by Gasteiger charge is -2.11. The Morgan fingerprint density at radius 1 is 1.16 bits per heavy atom. The summed E-state index contributed by atoms with van der Waals surface area (Å²) >= 11 is 0. The fourth-order valence-corrected chi connectivity index (χ4v) is 3.48. The number of hydrogen-bond acceptors (Lipinski definition) is 5. The van der Waals surface area contributed by atoms with Gasteiger partial charge in [0.1, 0.15) is 0 Å². The highest BCUT2D eigenvalue weighted by Gasteiger charge is 2.15. The number of aromatic nitrogens is 4. The van der Waals surface area contributed by atoms with Crippen molar-refractivity contribution in [2.75, 3.05) is 4.72 Å². The summed E-state index contributed by atoms with van der Waals surface area (Å²) in [7, 11) is -3.66. The topological polar surface area (TPSA) is 101 Å². The Morgan fingerprint density at radius 2 is 1.92 bits per heavy atom. The number of hydrogen-bond donors (Lipinski definition) is 2. The van der Waals surface area contributed by atoms with E-state index in [-0.39, 0.29) is 4.90 Å². The predicted molar refractivity (Wildman–Crippen MR) is 95.6 cm³/mol. The van der Waals surface area contributed by atoms with E-state index in [0.717, 1.165) is 12.0 Å². The molecule has 2 aromatic carbocycles. The molecule has 130 valence electrons. The molecule has 2 N–H and O–H groups in total. The van der Waals surface area contributed by atoms with E-state index in [9.17, 15) is 8.42 Å². The summed E-state index contributed by atoms with van der Waals surface area (Å²) in [5.74, 6) is 0.801. The Kier molecular flexibility index (Phi) is 4.80. The number of aromatic amines is 1. The van der Waals surface area contributed by atoms with Crippen LogP contribution in [0, 0.1) is 0 Å². The van der Waals surface area contributed by atoms with E-state index in [1.807, 2.05) is 12.1 Å². The molecule has 1 atom stereocenters. The van der Waals surface area contributed by atoms with Gasteiger partial charge in [-0.25, -0.2) is 8.42 Å². The van der Waals surface area contributed by atoms with Crippen LogP contribution in [0.15, 0.2) is 53.4 Å². The molecule has 3 rings (SSSR count). The second-order valence-electron chi connectivity index (χ2n) is 5.80. The molecule has 0 radical (unpaired) electrons. The number of rotatable bonds is 6. The average Bonchev–Trinajstić information content (AvgIpc) is 3.16. The minimum absolute atomic E-state index is 0.226. The van der Waals surface area contributed by atoms with Crippen molar-refractivity contribution in [1.82, 2.24) is 20.6 Å². The summed E-state index contributed by atoms with van der Waals surface area (Å²) in [6.07, 6.45) is 1.01. The van der Waals surface area contributed by atoms with E-state index < -0.39 is 10.0 Å². The first kappa shape index (κ1) is 17.1. The summed E-state index contributed by atoms with van der Waals surface area (Å²) in [5, 5.41) is 13.7. The van der Waals surface area contributed by atoms with Gasteiger partial charge in [0.15, 0.2) is 0 Å². The highest BCUT2D eigenvalue weighted by Crippen LogP contribution is 2.23. The monoisotopic (exact) mass is 357 g/mol. The molecule has 0 aliphatic heterocycles. The van der Waals surface area contributed by atoms with Gasteiger partial charge in [-0.15, -0.1) is 10.2 Å².